The van der Waals surface area contributed by atoms with Crippen LogP contribution in [0.2, 0.25) is 0 Å². The van der Waals surface area contributed by atoms with Crippen LogP contribution in [-0.4, -0.2) is 31.3 Å². The summed E-state index contributed by atoms with van der Waals surface area (Å²) in [5.74, 6) is -0.767. The van der Waals surface area contributed by atoms with E-state index in [-0.39, 0.29) is 24.1 Å². The molecule has 0 amide bonds. The first-order chi connectivity index (χ1) is 11.1. The Hall–Kier alpha value is -1.04. The van der Waals surface area contributed by atoms with Crippen molar-refractivity contribution in [1.82, 2.24) is 5.32 Å². The minimum absolute atomic E-state index is 0.172. The Morgan fingerprint density at radius 1 is 1.13 bits per heavy atom. The molecular weight excluding hydrogens is 298 g/mol. The molecule has 2 aliphatic rings. The SMILES string of the molecule is N[C@H]1CCCN[C@H]1COC1CCC(c2ccc(F)cc2F)CC1. The molecule has 2 atom stereocenters. The number of hydrogen-bond donors (Lipinski definition) is 2. The van der Waals surface area contributed by atoms with E-state index < -0.39 is 11.6 Å². The minimum atomic E-state index is -0.514. The number of nitrogens with one attached hydrogen (secondary N) is 1. The monoisotopic (exact) mass is 324 g/mol. The third-order valence-corrected chi connectivity index (χ3v) is 5.23. The van der Waals surface area contributed by atoms with E-state index in [0.29, 0.717) is 12.2 Å². The lowest BCUT2D eigenvalue weighted by molar-refractivity contribution is 0.00602. The van der Waals surface area contributed by atoms with Crippen molar-refractivity contribution in [2.75, 3.05) is 13.2 Å². The first-order valence-corrected chi connectivity index (χ1v) is 8.69. The largest absolute Gasteiger partial charge is 0.377 e. The molecule has 5 heteroatoms. The van der Waals surface area contributed by atoms with Crippen molar-refractivity contribution in [2.24, 2.45) is 5.73 Å². The molecule has 3 rings (SSSR count). The molecule has 1 aromatic carbocycles. The second-order valence-corrected chi connectivity index (χ2v) is 6.84. The van der Waals surface area contributed by atoms with Crippen LogP contribution >= 0.6 is 0 Å². The average Bonchev–Trinajstić information content (AvgIpc) is 2.55. The van der Waals surface area contributed by atoms with Crippen molar-refractivity contribution < 1.29 is 13.5 Å². The van der Waals surface area contributed by atoms with Gasteiger partial charge in [-0.3, -0.25) is 0 Å². The Kier molecular flexibility index (Phi) is 5.62. The molecule has 3 nitrogen and oxygen atoms in total. The van der Waals surface area contributed by atoms with Crippen LogP contribution in [0, 0.1) is 11.6 Å². The van der Waals surface area contributed by atoms with Crippen molar-refractivity contribution in [3.05, 3.63) is 35.4 Å². The number of nitrogens with two attached hydrogens (primary N) is 1. The van der Waals surface area contributed by atoms with E-state index in [9.17, 15) is 8.78 Å². The molecule has 1 saturated heterocycles. The fourth-order valence-corrected chi connectivity index (χ4v) is 3.77. The first-order valence-electron chi connectivity index (χ1n) is 8.69. The molecule has 2 fully saturated rings. The van der Waals surface area contributed by atoms with E-state index in [2.05, 4.69) is 5.32 Å². The lowest BCUT2D eigenvalue weighted by Crippen LogP contribution is -2.52. The topological polar surface area (TPSA) is 47.3 Å². The average molecular weight is 324 g/mol. The van der Waals surface area contributed by atoms with Gasteiger partial charge in [0.2, 0.25) is 0 Å². The Balaban J connectivity index is 1.46. The molecule has 0 radical (unpaired) electrons. The molecule has 1 aliphatic heterocycles. The zero-order valence-electron chi connectivity index (χ0n) is 13.4. The highest BCUT2D eigenvalue weighted by molar-refractivity contribution is 5.23. The van der Waals surface area contributed by atoms with Crippen molar-refractivity contribution >= 4 is 0 Å². The van der Waals surface area contributed by atoms with Crippen molar-refractivity contribution in [1.29, 1.82) is 0 Å². The summed E-state index contributed by atoms with van der Waals surface area (Å²) in [5.41, 5.74) is 6.75. The highest BCUT2D eigenvalue weighted by Gasteiger charge is 2.27. The summed E-state index contributed by atoms with van der Waals surface area (Å²) in [5, 5.41) is 3.42. The van der Waals surface area contributed by atoms with E-state index in [1.54, 1.807) is 6.07 Å². The first kappa shape index (κ1) is 16.8. The highest BCUT2D eigenvalue weighted by Crippen LogP contribution is 2.35. The lowest BCUT2D eigenvalue weighted by Gasteiger charge is -2.33. The Labute approximate surface area is 136 Å². The Morgan fingerprint density at radius 2 is 1.91 bits per heavy atom. The van der Waals surface area contributed by atoms with E-state index in [1.807, 2.05) is 0 Å². The molecule has 1 aromatic rings. The van der Waals surface area contributed by atoms with Gasteiger partial charge < -0.3 is 15.8 Å². The Morgan fingerprint density at radius 3 is 2.61 bits per heavy atom. The van der Waals surface area contributed by atoms with Gasteiger partial charge in [-0.25, -0.2) is 8.78 Å². The van der Waals surface area contributed by atoms with Crippen LogP contribution in [0.3, 0.4) is 0 Å². The molecule has 0 bridgehead atoms. The number of halogens is 2. The quantitative estimate of drug-likeness (QED) is 0.895. The molecule has 0 spiro atoms. The molecule has 128 valence electrons. The van der Waals surface area contributed by atoms with Crippen LogP contribution in [0.5, 0.6) is 0 Å². The number of hydrogen-bond acceptors (Lipinski definition) is 3. The molecular formula is C18H26F2N2O. The predicted molar refractivity (Wildman–Crippen MR) is 86.3 cm³/mol. The fraction of sp³-hybridized carbons (Fsp3) is 0.667. The number of benzene rings is 1. The molecule has 1 aliphatic carbocycles. The maximum Gasteiger partial charge on any atom is 0.129 e. The summed E-state index contributed by atoms with van der Waals surface area (Å²) >= 11 is 0. The smallest absolute Gasteiger partial charge is 0.129 e. The van der Waals surface area contributed by atoms with Crippen LogP contribution in [-0.2, 0) is 4.74 Å². The van der Waals surface area contributed by atoms with Gasteiger partial charge in [0.05, 0.1) is 12.7 Å². The molecule has 0 unspecified atom stereocenters. The molecule has 1 heterocycles. The molecule has 0 aromatic heterocycles. The second kappa shape index (κ2) is 7.69. The minimum Gasteiger partial charge on any atom is -0.377 e. The lowest BCUT2D eigenvalue weighted by atomic mass is 9.82. The van der Waals surface area contributed by atoms with Gasteiger partial charge in [-0.15, -0.1) is 0 Å². The van der Waals surface area contributed by atoms with E-state index >= 15 is 0 Å². The maximum absolute atomic E-state index is 13.9. The second-order valence-electron chi connectivity index (χ2n) is 6.84. The third kappa shape index (κ3) is 4.28. The van der Waals surface area contributed by atoms with Crippen molar-refractivity contribution in [3.63, 3.8) is 0 Å². The van der Waals surface area contributed by atoms with E-state index in [0.717, 1.165) is 51.1 Å². The summed E-state index contributed by atoms with van der Waals surface area (Å²) in [4.78, 5) is 0. The zero-order valence-corrected chi connectivity index (χ0v) is 13.4. The maximum atomic E-state index is 13.9. The summed E-state index contributed by atoms with van der Waals surface area (Å²) in [6, 6.07) is 4.33. The molecule has 23 heavy (non-hydrogen) atoms. The molecule has 1 saturated carbocycles. The van der Waals surface area contributed by atoms with E-state index in [1.165, 1.54) is 6.07 Å². The van der Waals surface area contributed by atoms with Crippen LogP contribution in [0.1, 0.15) is 50.0 Å². The van der Waals surface area contributed by atoms with Crippen molar-refractivity contribution in [3.8, 4) is 0 Å². The number of piperidine rings is 1. The number of ether oxygens (including phenoxy) is 1. The standard InChI is InChI=1S/C18H26F2N2O/c19-13-5-8-15(16(20)10-13)12-3-6-14(7-4-12)23-11-18-17(21)2-1-9-22-18/h5,8,10,12,14,17-18,22H,1-4,6-7,9,11,21H2/t12?,14?,17-,18-/m0/s1. The summed E-state index contributed by atoms with van der Waals surface area (Å²) in [6.45, 7) is 1.67. The fourth-order valence-electron chi connectivity index (χ4n) is 3.77. The van der Waals surface area contributed by atoms with Crippen LogP contribution in [0.15, 0.2) is 18.2 Å². The van der Waals surface area contributed by atoms with Crippen LogP contribution < -0.4 is 11.1 Å². The van der Waals surface area contributed by atoms with Gasteiger partial charge in [-0.1, -0.05) is 6.07 Å². The number of rotatable bonds is 4. The van der Waals surface area contributed by atoms with Gasteiger partial charge >= 0.3 is 0 Å². The van der Waals surface area contributed by atoms with Gasteiger partial charge in [0.25, 0.3) is 0 Å². The zero-order chi connectivity index (χ0) is 16.2. The van der Waals surface area contributed by atoms with E-state index in [4.69, 9.17) is 10.5 Å². The van der Waals surface area contributed by atoms with Crippen LogP contribution in [0.4, 0.5) is 8.78 Å². The third-order valence-electron chi connectivity index (χ3n) is 5.23. The van der Waals surface area contributed by atoms with Gasteiger partial charge in [0, 0.05) is 18.2 Å². The van der Waals surface area contributed by atoms with Gasteiger partial charge in [0.15, 0.2) is 0 Å². The summed E-state index contributed by atoms with van der Waals surface area (Å²) in [7, 11) is 0. The van der Waals surface area contributed by atoms with Gasteiger partial charge in [0.1, 0.15) is 11.6 Å². The highest BCUT2D eigenvalue weighted by atomic mass is 19.1. The van der Waals surface area contributed by atoms with Gasteiger partial charge in [-0.05, 0) is 62.6 Å². The normalized spacial score (nSPS) is 32.0. The Bertz CT molecular complexity index is 518. The summed E-state index contributed by atoms with van der Waals surface area (Å²) in [6.07, 6.45) is 6.02. The predicted octanol–water partition coefficient (Wildman–Crippen LogP) is 3.09. The van der Waals surface area contributed by atoms with Crippen LogP contribution in [0.25, 0.3) is 0 Å². The van der Waals surface area contributed by atoms with Crippen molar-refractivity contribution in [2.45, 2.75) is 62.6 Å². The van der Waals surface area contributed by atoms with Gasteiger partial charge in [-0.2, -0.15) is 0 Å². The molecule has 3 N–H and O–H groups in total. The summed E-state index contributed by atoms with van der Waals surface area (Å²) < 4.78 is 32.9.